The molecule has 0 radical (unpaired) electrons. The Morgan fingerprint density at radius 2 is 2.17 bits per heavy atom. The molecule has 0 amide bonds. The molecule has 2 heterocycles. The fourth-order valence-corrected chi connectivity index (χ4v) is 2.79. The topological polar surface area (TPSA) is 29.5 Å². The fraction of sp³-hybridized carbons (Fsp3) is 1.00. The summed E-state index contributed by atoms with van der Waals surface area (Å²) in [5.41, 5.74) is -0.265. The van der Waals surface area contributed by atoms with E-state index in [1.54, 1.807) is 0 Å². The Bertz CT molecular complexity index is 198. The monoisotopic (exact) mass is 168 g/mol. The second kappa shape index (κ2) is 2.24. The van der Waals surface area contributed by atoms with Gasteiger partial charge < -0.3 is 9.84 Å². The van der Waals surface area contributed by atoms with Gasteiger partial charge in [0.15, 0.2) is 0 Å². The Hall–Kier alpha value is -0.0800. The molecule has 68 valence electrons. The summed E-state index contributed by atoms with van der Waals surface area (Å²) in [6.07, 6.45) is 7.83. The highest BCUT2D eigenvalue weighted by molar-refractivity contribution is 5.00. The molecule has 0 aromatic carbocycles. The van der Waals surface area contributed by atoms with Crippen LogP contribution in [0.1, 0.15) is 38.5 Å². The molecule has 3 aliphatic rings. The van der Waals surface area contributed by atoms with Crippen LogP contribution in [0.25, 0.3) is 0 Å². The first kappa shape index (κ1) is 7.34. The van der Waals surface area contributed by atoms with Crippen molar-refractivity contribution in [2.75, 3.05) is 0 Å². The van der Waals surface area contributed by atoms with Gasteiger partial charge in [0.25, 0.3) is 0 Å². The van der Waals surface area contributed by atoms with E-state index in [0.29, 0.717) is 18.1 Å². The van der Waals surface area contributed by atoms with Gasteiger partial charge in [-0.1, -0.05) is 0 Å². The van der Waals surface area contributed by atoms with E-state index in [9.17, 15) is 5.11 Å². The van der Waals surface area contributed by atoms with Crippen LogP contribution in [0, 0.1) is 5.92 Å². The molecule has 1 N–H and O–H groups in total. The lowest BCUT2D eigenvalue weighted by atomic mass is 9.85. The SMILES string of the molecule is OC1(CC2CC3CCC2O3)CC1. The van der Waals surface area contributed by atoms with Crippen LogP contribution in [0.3, 0.4) is 0 Å². The van der Waals surface area contributed by atoms with E-state index < -0.39 is 0 Å². The van der Waals surface area contributed by atoms with E-state index >= 15 is 0 Å². The van der Waals surface area contributed by atoms with Crippen LogP contribution >= 0.6 is 0 Å². The van der Waals surface area contributed by atoms with Gasteiger partial charge in [0.1, 0.15) is 0 Å². The normalized spacial score (nSPS) is 48.2. The van der Waals surface area contributed by atoms with Crippen LogP contribution in [-0.2, 0) is 4.74 Å². The van der Waals surface area contributed by atoms with Gasteiger partial charge in [-0.3, -0.25) is 0 Å². The molecule has 0 aromatic heterocycles. The smallest absolute Gasteiger partial charge is 0.0653 e. The third-order valence-electron chi connectivity index (χ3n) is 3.70. The van der Waals surface area contributed by atoms with Crippen LogP contribution in [0.15, 0.2) is 0 Å². The minimum Gasteiger partial charge on any atom is -0.390 e. The molecule has 2 nitrogen and oxygen atoms in total. The summed E-state index contributed by atoms with van der Waals surface area (Å²) in [7, 11) is 0. The van der Waals surface area contributed by atoms with Crippen molar-refractivity contribution in [1.29, 1.82) is 0 Å². The van der Waals surface area contributed by atoms with Crippen molar-refractivity contribution in [3.8, 4) is 0 Å². The molecule has 1 aliphatic carbocycles. The third kappa shape index (κ3) is 1.09. The number of rotatable bonds is 2. The first-order chi connectivity index (χ1) is 5.75. The van der Waals surface area contributed by atoms with E-state index in [0.717, 1.165) is 19.3 Å². The Morgan fingerprint density at radius 1 is 1.33 bits per heavy atom. The highest BCUT2D eigenvalue weighted by Gasteiger charge is 2.48. The zero-order valence-corrected chi connectivity index (χ0v) is 7.33. The summed E-state index contributed by atoms with van der Waals surface area (Å²) in [4.78, 5) is 0. The predicted molar refractivity (Wildman–Crippen MR) is 44.8 cm³/mol. The first-order valence-corrected chi connectivity index (χ1v) is 5.13. The molecule has 2 heteroatoms. The standard InChI is InChI=1S/C10H16O2/c11-10(3-4-10)6-7-5-8-1-2-9(7)12-8/h7-9,11H,1-6H2. The summed E-state index contributed by atoms with van der Waals surface area (Å²) in [5.74, 6) is 0.677. The average Bonchev–Trinajstić information content (AvgIpc) is 2.48. The van der Waals surface area contributed by atoms with Gasteiger partial charge >= 0.3 is 0 Å². The van der Waals surface area contributed by atoms with Crippen molar-refractivity contribution < 1.29 is 9.84 Å². The first-order valence-electron chi connectivity index (χ1n) is 5.13. The lowest BCUT2D eigenvalue weighted by molar-refractivity contribution is 0.0673. The van der Waals surface area contributed by atoms with Gasteiger partial charge in [-0.2, -0.15) is 0 Å². The maximum absolute atomic E-state index is 9.76. The molecule has 3 unspecified atom stereocenters. The quantitative estimate of drug-likeness (QED) is 0.676. The van der Waals surface area contributed by atoms with Crippen molar-refractivity contribution in [3.63, 3.8) is 0 Å². The van der Waals surface area contributed by atoms with E-state index in [-0.39, 0.29) is 5.60 Å². The van der Waals surface area contributed by atoms with Crippen LogP contribution in [0.4, 0.5) is 0 Å². The fourth-order valence-electron chi connectivity index (χ4n) is 2.79. The number of hydrogen-bond donors (Lipinski definition) is 1. The number of fused-ring (bicyclic) bond motifs is 2. The molecule has 2 saturated heterocycles. The molecule has 2 aliphatic heterocycles. The number of aliphatic hydroxyl groups is 1. The molecule has 1 saturated carbocycles. The molecule has 3 fully saturated rings. The Labute approximate surface area is 72.9 Å². The number of ether oxygens (including phenoxy) is 1. The molecule has 0 aromatic rings. The minimum atomic E-state index is -0.265. The van der Waals surface area contributed by atoms with Crippen LogP contribution < -0.4 is 0 Å². The van der Waals surface area contributed by atoms with Gasteiger partial charge in [0.2, 0.25) is 0 Å². The van der Waals surface area contributed by atoms with Gasteiger partial charge in [-0.05, 0) is 44.4 Å². The number of hydrogen-bond acceptors (Lipinski definition) is 2. The summed E-state index contributed by atoms with van der Waals surface area (Å²) in [6.45, 7) is 0. The van der Waals surface area contributed by atoms with E-state index in [1.165, 1.54) is 19.3 Å². The summed E-state index contributed by atoms with van der Waals surface area (Å²) in [6, 6.07) is 0. The van der Waals surface area contributed by atoms with Crippen molar-refractivity contribution in [2.45, 2.75) is 56.3 Å². The molecular weight excluding hydrogens is 152 g/mol. The van der Waals surface area contributed by atoms with Crippen molar-refractivity contribution in [1.82, 2.24) is 0 Å². The van der Waals surface area contributed by atoms with Gasteiger partial charge in [0.05, 0.1) is 17.8 Å². The van der Waals surface area contributed by atoms with E-state index in [2.05, 4.69) is 0 Å². The predicted octanol–water partition coefficient (Wildman–Crippen LogP) is 1.47. The van der Waals surface area contributed by atoms with E-state index in [4.69, 9.17) is 4.74 Å². The van der Waals surface area contributed by atoms with Gasteiger partial charge in [-0.15, -0.1) is 0 Å². The van der Waals surface area contributed by atoms with Gasteiger partial charge in [0, 0.05) is 0 Å². The van der Waals surface area contributed by atoms with Crippen LogP contribution in [-0.4, -0.2) is 22.9 Å². The molecule has 3 atom stereocenters. The third-order valence-corrected chi connectivity index (χ3v) is 3.70. The highest BCUT2D eigenvalue weighted by atomic mass is 16.5. The molecule has 3 rings (SSSR count). The maximum atomic E-state index is 9.76. The zero-order valence-electron chi connectivity index (χ0n) is 7.33. The average molecular weight is 168 g/mol. The molecular formula is C10H16O2. The largest absolute Gasteiger partial charge is 0.390 e. The molecule has 2 bridgehead atoms. The Kier molecular flexibility index (Phi) is 1.37. The summed E-state index contributed by atoms with van der Waals surface area (Å²) < 4.78 is 5.75. The minimum absolute atomic E-state index is 0.265. The second-order valence-electron chi connectivity index (χ2n) is 4.80. The Morgan fingerprint density at radius 3 is 2.67 bits per heavy atom. The highest BCUT2D eigenvalue weighted by Crippen LogP contribution is 2.48. The van der Waals surface area contributed by atoms with Crippen molar-refractivity contribution in [3.05, 3.63) is 0 Å². The van der Waals surface area contributed by atoms with Crippen molar-refractivity contribution in [2.24, 2.45) is 5.92 Å². The van der Waals surface area contributed by atoms with Crippen molar-refractivity contribution >= 4 is 0 Å². The van der Waals surface area contributed by atoms with Gasteiger partial charge in [-0.25, -0.2) is 0 Å². The molecule has 0 spiro atoms. The summed E-state index contributed by atoms with van der Waals surface area (Å²) in [5, 5.41) is 9.76. The lowest BCUT2D eigenvalue weighted by Gasteiger charge is -2.20. The maximum Gasteiger partial charge on any atom is 0.0653 e. The Balaban J connectivity index is 1.64. The van der Waals surface area contributed by atoms with E-state index in [1.807, 2.05) is 0 Å². The van der Waals surface area contributed by atoms with Crippen LogP contribution in [0.5, 0.6) is 0 Å². The zero-order chi connectivity index (χ0) is 8.18. The molecule has 12 heavy (non-hydrogen) atoms. The lowest BCUT2D eigenvalue weighted by Crippen LogP contribution is -2.22. The second-order valence-corrected chi connectivity index (χ2v) is 4.80. The summed E-state index contributed by atoms with van der Waals surface area (Å²) >= 11 is 0. The van der Waals surface area contributed by atoms with Crippen LogP contribution in [0.2, 0.25) is 0 Å².